The minimum Gasteiger partial charge on any atom is -0.287 e. The first kappa shape index (κ1) is 14.6. The number of nitrogens with zero attached hydrogens (tertiary/aromatic N) is 2. The topological polar surface area (TPSA) is 34.9 Å². The third-order valence-corrected chi connectivity index (χ3v) is 3.79. The average Bonchev–Trinajstić information content (AvgIpc) is 2.70. The van der Waals surface area contributed by atoms with Crippen molar-refractivity contribution in [2.45, 2.75) is 19.9 Å². The van der Waals surface area contributed by atoms with Crippen molar-refractivity contribution in [3.05, 3.63) is 50.2 Å². The highest BCUT2D eigenvalue weighted by atomic mass is 79.9. The predicted octanol–water partition coefficient (Wildman–Crippen LogP) is 4.59. The third kappa shape index (κ3) is 3.02. The SMILES string of the molecule is CCCn1ncc(Cl)c1C(=O)c1ccc(Cl)cc1Br. The van der Waals surface area contributed by atoms with E-state index in [0.717, 1.165) is 6.42 Å². The summed E-state index contributed by atoms with van der Waals surface area (Å²) in [5.41, 5.74) is 0.927. The number of hydrogen-bond donors (Lipinski definition) is 0. The van der Waals surface area contributed by atoms with Crippen molar-refractivity contribution < 1.29 is 4.79 Å². The molecular weight excluding hydrogens is 351 g/mol. The monoisotopic (exact) mass is 360 g/mol. The van der Waals surface area contributed by atoms with Crippen molar-refractivity contribution in [2.24, 2.45) is 0 Å². The molecule has 0 atom stereocenters. The molecule has 0 unspecified atom stereocenters. The molecule has 0 spiro atoms. The maximum absolute atomic E-state index is 12.5. The smallest absolute Gasteiger partial charge is 0.213 e. The quantitative estimate of drug-likeness (QED) is 0.746. The van der Waals surface area contributed by atoms with Crippen molar-refractivity contribution in [2.75, 3.05) is 0 Å². The molecule has 2 rings (SSSR count). The van der Waals surface area contributed by atoms with Crippen LogP contribution in [0, 0.1) is 0 Å². The first-order valence-electron chi connectivity index (χ1n) is 5.75. The normalized spacial score (nSPS) is 10.7. The van der Waals surface area contributed by atoms with Crippen LogP contribution >= 0.6 is 39.1 Å². The molecule has 0 fully saturated rings. The summed E-state index contributed by atoms with van der Waals surface area (Å²) < 4.78 is 2.27. The van der Waals surface area contributed by atoms with Crippen molar-refractivity contribution in [3.8, 4) is 0 Å². The van der Waals surface area contributed by atoms with Gasteiger partial charge in [0.1, 0.15) is 5.69 Å². The molecule has 100 valence electrons. The fourth-order valence-corrected chi connectivity index (χ4v) is 2.86. The van der Waals surface area contributed by atoms with Gasteiger partial charge in [0.2, 0.25) is 5.78 Å². The van der Waals surface area contributed by atoms with Crippen LogP contribution in [0.1, 0.15) is 29.4 Å². The van der Waals surface area contributed by atoms with Gasteiger partial charge in [-0.1, -0.05) is 30.1 Å². The average molecular weight is 362 g/mol. The van der Waals surface area contributed by atoms with Crippen LogP contribution in [0.2, 0.25) is 10.0 Å². The molecule has 0 aliphatic heterocycles. The van der Waals surface area contributed by atoms with E-state index in [2.05, 4.69) is 21.0 Å². The Morgan fingerprint density at radius 1 is 1.42 bits per heavy atom. The second-order valence-electron chi connectivity index (χ2n) is 4.02. The molecule has 1 aromatic carbocycles. The van der Waals surface area contributed by atoms with Gasteiger partial charge in [0.15, 0.2) is 0 Å². The largest absolute Gasteiger partial charge is 0.287 e. The summed E-state index contributed by atoms with van der Waals surface area (Å²) >= 11 is 15.3. The molecule has 0 saturated heterocycles. The Morgan fingerprint density at radius 3 is 2.79 bits per heavy atom. The molecule has 0 aliphatic rings. The van der Waals surface area contributed by atoms with E-state index >= 15 is 0 Å². The van der Waals surface area contributed by atoms with Crippen LogP contribution < -0.4 is 0 Å². The van der Waals surface area contributed by atoms with Crippen molar-refractivity contribution in [1.82, 2.24) is 9.78 Å². The van der Waals surface area contributed by atoms with E-state index in [9.17, 15) is 4.79 Å². The fourth-order valence-electron chi connectivity index (χ4n) is 1.77. The lowest BCUT2D eigenvalue weighted by atomic mass is 10.1. The zero-order chi connectivity index (χ0) is 14.0. The molecule has 0 saturated carbocycles. The molecule has 0 amide bonds. The highest BCUT2D eigenvalue weighted by molar-refractivity contribution is 9.10. The molecule has 0 N–H and O–H groups in total. The minimum absolute atomic E-state index is 0.167. The van der Waals surface area contributed by atoms with E-state index in [1.165, 1.54) is 6.20 Å². The summed E-state index contributed by atoms with van der Waals surface area (Å²) in [5, 5.41) is 5.05. The number of halogens is 3. The standard InChI is InChI=1S/C13H11BrCl2N2O/c1-2-5-18-12(11(16)7-17-18)13(19)9-4-3-8(15)6-10(9)14/h3-4,6-7H,2,5H2,1H3. The molecule has 0 bridgehead atoms. The first-order valence-corrected chi connectivity index (χ1v) is 7.30. The van der Waals surface area contributed by atoms with E-state index in [-0.39, 0.29) is 5.78 Å². The minimum atomic E-state index is -0.167. The highest BCUT2D eigenvalue weighted by Crippen LogP contribution is 2.26. The number of carbonyl (C=O) groups is 1. The van der Waals surface area contributed by atoms with Gasteiger partial charge < -0.3 is 0 Å². The summed E-state index contributed by atoms with van der Waals surface area (Å²) in [4.78, 5) is 12.5. The van der Waals surface area contributed by atoms with Crippen LogP contribution in [-0.4, -0.2) is 15.6 Å². The molecular formula is C13H11BrCl2N2O. The van der Waals surface area contributed by atoms with Crippen LogP contribution in [0.15, 0.2) is 28.9 Å². The third-order valence-electron chi connectivity index (χ3n) is 2.62. The van der Waals surface area contributed by atoms with E-state index in [0.29, 0.717) is 32.3 Å². The number of rotatable bonds is 4. The van der Waals surface area contributed by atoms with E-state index in [4.69, 9.17) is 23.2 Å². The lowest BCUT2D eigenvalue weighted by Gasteiger charge is -2.07. The summed E-state index contributed by atoms with van der Waals surface area (Å²) in [7, 11) is 0. The lowest BCUT2D eigenvalue weighted by Crippen LogP contribution is -2.12. The van der Waals surface area contributed by atoms with E-state index in [1.807, 2.05) is 6.92 Å². The van der Waals surface area contributed by atoms with Gasteiger partial charge in [-0.15, -0.1) is 0 Å². The van der Waals surface area contributed by atoms with Crippen LogP contribution in [0.5, 0.6) is 0 Å². The number of aryl methyl sites for hydroxylation is 1. The van der Waals surface area contributed by atoms with Crippen LogP contribution in [0.25, 0.3) is 0 Å². The second-order valence-corrected chi connectivity index (χ2v) is 5.72. The van der Waals surface area contributed by atoms with Crippen LogP contribution in [-0.2, 0) is 6.54 Å². The highest BCUT2D eigenvalue weighted by Gasteiger charge is 2.20. The maximum Gasteiger partial charge on any atom is 0.213 e. The molecule has 0 aliphatic carbocycles. The number of aromatic nitrogens is 2. The van der Waals surface area contributed by atoms with Crippen molar-refractivity contribution >= 4 is 44.9 Å². The first-order chi connectivity index (χ1) is 9.04. The van der Waals surface area contributed by atoms with Crippen LogP contribution in [0.3, 0.4) is 0 Å². The van der Waals surface area contributed by atoms with Crippen LogP contribution in [0.4, 0.5) is 0 Å². The zero-order valence-corrected chi connectivity index (χ0v) is 13.3. The Bertz CT molecular complexity index is 625. The summed E-state index contributed by atoms with van der Waals surface area (Å²) in [6.07, 6.45) is 2.37. The molecule has 0 radical (unpaired) electrons. The molecule has 1 aromatic heterocycles. The van der Waals surface area contributed by atoms with Gasteiger partial charge in [-0.25, -0.2) is 0 Å². The molecule has 1 heterocycles. The van der Waals surface area contributed by atoms with Gasteiger partial charge in [0.25, 0.3) is 0 Å². The summed E-state index contributed by atoms with van der Waals surface area (Å²) in [5.74, 6) is -0.167. The fraction of sp³-hybridized carbons (Fsp3) is 0.231. The number of hydrogen-bond acceptors (Lipinski definition) is 2. The van der Waals surface area contributed by atoms with Crippen molar-refractivity contribution in [3.63, 3.8) is 0 Å². The van der Waals surface area contributed by atoms with Gasteiger partial charge in [-0.05, 0) is 40.5 Å². The van der Waals surface area contributed by atoms with E-state index in [1.54, 1.807) is 22.9 Å². The Kier molecular flexibility index (Phi) is 4.66. The van der Waals surface area contributed by atoms with Gasteiger partial charge in [-0.2, -0.15) is 5.10 Å². The molecule has 6 heteroatoms. The Labute approximate surface area is 129 Å². The zero-order valence-electron chi connectivity index (χ0n) is 10.2. The van der Waals surface area contributed by atoms with Crippen molar-refractivity contribution in [1.29, 1.82) is 0 Å². The Morgan fingerprint density at radius 2 is 2.16 bits per heavy atom. The Hall–Kier alpha value is -0.840. The second kappa shape index (κ2) is 6.07. The van der Waals surface area contributed by atoms with Gasteiger partial charge >= 0.3 is 0 Å². The summed E-state index contributed by atoms with van der Waals surface area (Å²) in [6, 6.07) is 5.03. The Balaban J connectivity index is 2.46. The van der Waals surface area contributed by atoms with Gasteiger partial charge in [-0.3, -0.25) is 9.48 Å². The number of carbonyl (C=O) groups excluding carboxylic acids is 1. The predicted molar refractivity (Wildman–Crippen MR) is 80.1 cm³/mol. The van der Waals surface area contributed by atoms with E-state index < -0.39 is 0 Å². The molecule has 2 aromatic rings. The number of ketones is 1. The molecule has 3 nitrogen and oxygen atoms in total. The lowest BCUT2D eigenvalue weighted by molar-refractivity contribution is 0.102. The van der Waals surface area contributed by atoms with Gasteiger partial charge in [0, 0.05) is 21.6 Å². The van der Waals surface area contributed by atoms with Gasteiger partial charge in [0.05, 0.1) is 11.2 Å². The molecule has 19 heavy (non-hydrogen) atoms. The summed E-state index contributed by atoms with van der Waals surface area (Å²) in [6.45, 7) is 2.67. The number of benzene rings is 1. The maximum atomic E-state index is 12.5.